The Morgan fingerprint density at radius 2 is 1.06 bits per heavy atom. The molecule has 0 atom stereocenters. The Balaban J connectivity index is 2.14. The minimum absolute atomic E-state index is 0.0141. The Labute approximate surface area is 190 Å². The van der Waals surface area contributed by atoms with Gasteiger partial charge < -0.3 is 43.4 Å². The minimum atomic E-state index is 0.0141. The molecule has 1 rings (SSSR count). The predicted octanol–water partition coefficient (Wildman–Crippen LogP) is 0.436. The van der Waals surface area contributed by atoms with Gasteiger partial charge >= 0.3 is 0 Å². The topological polar surface area (TPSA) is 108 Å². The van der Waals surface area contributed by atoms with Crippen LogP contribution in [0.1, 0.15) is 0 Å². The van der Waals surface area contributed by atoms with Crippen molar-refractivity contribution in [3.8, 4) is 17.2 Å². The van der Waals surface area contributed by atoms with Crippen LogP contribution >= 0.6 is 0 Å². The molecule has 0 radical (unpaired) electrons. The maximum absolute atomic E-state index is 8.78. The van der Waals surface area contributed by atoms with Crippen LogP contribution < -0.4 is 14.2 Å². The van der Waals surface area contributed by atoms with E-state index in [1.807, 2.05) is 18.2 Å². The number of benzene rings is 1. The highest BCUT2D eigenvalue weighted by atomic mass is 16.6. The molecule has 10 nitrogen and oxygen atoms in total. The van der Waals surface area contributed by atoms with E-state index >= 15 is 0 Å². The maximum Gasteiger partial charge on any atom is 0.203 e. The van der Waals surface area contributed by atoms with Gasteiger partial charge in [0.2, 0.25) is 5.75 Å². The van der Waals surface area contributed by atoms with Crippen molar-refractivity contribution >= 4 is 0 Å². The fourth-order valence-electron chi connectivity index (χ4n) is 2.73. The molecule has 2 N–H and O–H groups in total. The standard InChI is InChI=1S/C22H39NO9/c1-26-20-4-3-5-21(27-2)22(20)32-19-18-31-17-16-30-13-8-23(6-11-28-14-9-24)7-12-29-15-10-25/h3-5,24-25H,6-19H2,1-2H3. The van der Waals surface area contributed by atoms with Crippen LogP contribution in [0.2, 0.25) is 0 Å². The number of aliphatic hydroxyl groups is 2. The van der Waals surface area contributed by atoms with Crippen molar-refractivity contribution < 1.29 is 43.4 Å². The van der Waals surface area contributed by atoms with Gasteiger partial charge in [-0.3, -0.25) is 4.90 Å². The Morgan fingerprint density at radius 1 is 0.625 bits per heavy atom. The lowest BCUT2D eigenvalue weighted by atomic mass is 10.3. The third-order valence-electron chi connectivity index (χ3n) is 4.36. The van der Waals surface area contributed by atoms with Crippen molar-refractivity contribution in [2.75, 3.05) is 107 Å². The lowest BCUT2D eigenvalue weighted by Gasteiger charge is -2.22. The first-order valence-electron chi connectivity index (χ1n) is 10.9. The van der Waals surface area contributed by atoms with Crippen molar-refractivity contribution in [2.24, 2.45) is 0 Å². The fraction of sp³-hybridized carbons (Fsp3) is 0.727. The molecule has 186 valence electrons. The van der Waals surface area contributed by atoms with E-state index in [1.54, 1.807) is 14.2 Å². The van der Waals surface area contributed by atoms with Crippen molar-refractivity contribution in [1.82, 2.24) is 4.90 Å². The van der Waals surface area contributed by atoms with Gasteiger partial charge in [0, 0.05) is 19.6 Å². The monoisotopic (exact) mass is 461 g/mol. The summed E-state index contributed by atoms with van der Waals surface area (Å²) < 4.78 is 38.2. The molecule has 0 heterocycles. The highest BCUT2D eigenvalue weighted by Crippen LogP contribution is 2.36. The summed E-state index contributed by atoms with van der Waals surface area (Å²) in [7, 11) is 3.17. The van der Waals surface area contributed by atoms with Crippen LogP contribution in [0.5, 0.6) is 17.2 Å². The largest absolute Gasteiger partial charge is 0.493 e. The SMILES string of the molecule is COc1cccc(OC)c1OCCOCCOCCN(CCOCCO)CCOCCO. The average molecular weight is 462 g/mol. The molecule has 1 aromatic rings. The van der Waals surface area contributed by atoms with Gasteiger partial charge in [-0.2, -0.15) is 0 Å². The van der Waals surface area contributed by atoms with Gasteiger partial charge in [-0.1, -0.05) is 6.07 Å². The van der Waals surface area contributed by atoms with E-state index in [-0.39, 0.29) is 13.2 Å². The second-order valence-electron chi connectivity index (χ2n) is 6.58. The van der Waals surface area contributed by atoms with Crippen LogP contribution in [-0.4, -0.2) is 122 Å². The Bertz CT molecular complexity index is 528. The molecule has 0 aliphatic carbocycles. The molecule has 10 heteroatoms. The number of hydrogen-bond donors (Lipinski definition) is 2. The van der Waals surface area contributed by atoms with Gasteiger partial charge in [0.15, 0.2) is 11.5 Å². The van der Waals surface area contributed by atoms with Gasteiger partial charge in [-0.05, 0) is 12.1 Å². The van der Waals surface area contributed by atoms with Crippen molar-refractivity contribution in [2.45, 2.75) is 0 Å². The zero-order valence-electron chi connectivity index (χ0n) is 19.3. The van der Waals surface area contributed by atoms with E-state index in [0.717, 1.165) is 6.54 Å². The van der Waals surface area contributed by atoms with Gasteiger partial charge in [0.1, 0.15) is 6.61 Å². The van der Waals surface area contributed by atoms with Crippen molar-refractivity contribution in [3.05, 3.63) is 18.2 Å². The number of hydrogen-bond acceptors (Lipinski definition) is 10. The highest BCUT2D eigenvalue weighted by molar-refractivity contribution is 5.51. The van der Waals surface area contributed by atoms with E-state index in [2.05, 4.69) is 4.90 Å². The normalized spacial score (nSPS) is 11.2. The van der Waals surface area contributed by atoms with Gasteiger partial charge in [-0.15, -0.1) is 0 Å². The molecule has 0 saturated carbocycles. The zero-order chi connectivity index (χ0) is 23.3. The van der Waals surface area contributed by atoms with Crippen molar-refractivity contribution in [1.29, 1.82) is 0 Å². The van der Waals surface area contributed by atoms with E-state index < -0.39 is 0 Å². The number of methoxy groups -OCH3 is 2. The molecule has 1 aromatic carbocycles. The molecule has 0 unspecified atom stereocenters. The highest BCUT2D eigenvalue weighted by Gasteiger charge is 2.11. The van der Waals surface area contributed by atoms with Gasteiger partial charge in [0.25, 0.3) is 0 Å². The number of para-hydroxylation sites is 1. The number of aliphatic hydroxyl groups excluding tert-OH is 2. The number of ether oxygens (including phenoxy) is 7. The second-order valence-corrected chi connectivity index (χ2v) is 6.58. The fourth-order valence-corrected chi connectivity index (χ4v) is 2.73. The first kappa shape index (κ1) is 28.4. The van der Waals surface area contributed by atoms with E-state index in [0.29, 0.717) is 89.8 Å². The molecule has 0 saturated heterocycles. The molecule has 0 aliphatic rings. The lowest BCUT2D eigenvalue weighted by Crippen LogP contribution is -2.34. The maximum atomic E-state index is 8.78. The molecular formula is C22H39NO9. The molecule has 0 fully saturated rings. The first-order chi connectivity index (χ1) is 15.8. The summed E-state index contributed by atoms with van der Waals surface area (Å²) in [5.74, 6) is 1.78. The lowest BCUT2D eigenvalue weighted by molar-refractivity contribution is 0.0166. The van der Waals surface area contributed by atoms with Crippen LogP contribution in [0, 0.1) is 0 Å². The van der Waals surface area contributed by atoms with Gasteiger partial charge in [-0.25, -0.2) is 0 Å². The summed E-state index contributed by atoms with van der Waals surface area (Å²) >= 11 is 0. The molecule has 0 aliphatic heterocycles. The third kappa shape index (κ3) is 13.0. The number of nitrogens with zero attached hydrogens (tertiary/aromatic N) is 1. The number of rotatable bonds is 22. The van der Waals surface area contributed by atoms with Gasteiger partial charge in [0.05, 0.1) is 80.3 Å². The summed E-state index contributed by atoms with van der Waals surface area (Å²) in [5, 5.41) is 17.6. The Kier molecular flexibility index (Phi) is 17.7. The average Bonchev–Trinajstić information content (AvgIpc) is 2.82. The molecular weight excluding hydrogens is 422 g/mol. The van der Waals surface area contributed by atoms with E-state index in [1.165, 1.54) is 0 Å². The molecule has 0 aromatic heterocycles. The second kappa shape index (κ2) is 20.0. The smallest absolute Gasteiger partial charge is 0.203 e. The molecule has 0 bridgehead atoms. The van der Waals surface area contributed by atoms with E-state index in [9.17, 15) is 0 Å². The van der Waals surface area contributed by atoms with Crippen molar-refractivity contribution in [3.63, 3.8) is 0 Å². The van der Waals surface area contributed by atoms with Crippen LogP contribution in [0.4, 0.5) is 0 Å². The molecule has 0 amide bonds. The summed E-state index contributed by atoms with van der Waals surface area (Å²) in [6.45, 7) is 6.18. The van der Waals surface area contributed by atoms with E-state index in [4.69, 9.17) is 43.4 Å². The summed E-state index contributed by atoms with van der Waals surface area (Å²) in [6.07, 6.45) is 0. The summed E-state index contributed by atoms with van der Waals surface area (Å²) in [4.78, 5) is 2.16. The molecule has 0 spiro atoms. The predicted molar refractivity (Wildman–Crippen MR) is 119 cm³/mol. The Hall–Kier alpha value is -1.66. The van der Waals surface area contributed by atoms with Crippen LogP contribution in [0.3, 0.4) is 0 Å². The minimum Gasteiger partial charge on any atom is -0.493 e. The first-order valence-corrected chi connectivity index (χ1v) is 10.9. The quantitative estimate of drug-likeness (QED) is 0.236. The third-order valence-corrected chi connectivity index (χ3v) is 4.36. The Morgan fingerprint density at radius 3 is 1.53 bits per heavy atom. The van der Waals surface area contributed by atoms with Crippen LogP contribution in [0.25, 0.3) is 0 Å². The van der Waals surface area contributed by atoms with Crippen LogP contribution in [0.15, 0.2) is 18.2 Å². The van der Waals surface area contributed by atoms with Crippen LogP contribution in [-0.2, 0) is 18.9 Å². The molecule has 32 heavy (non-hydrogen) atoms. The zero-order valence-corrected chi connectivity index (χ0v) is 19.3. The summed E-state index contributed by atoms with van der Waals surface area (Å²) in [5.41, 5.74) is 0. The summed E-state index contributed by atoms with van der Waals surface area (Å²) in [6, 6.07) is 5.46.